The molecule has 2 aliphatic carbocycles. The molecular formula is C14H16BrNO. The molecule has 0 heterocycles. The van der Waals surface area contributed by atoms with Crippen molar-refractivity contribution in [1.82, 2.24) is 5.32 Å². The number of rotatable bonds is 4. The Bertz CT molecular complexity index is 424. The lowest BCUT2D eigenvalue weighted by atomic mass is 10.1. The van der Waals surface area contributed by atoms with Crippen LogP contribution in [0.25, 0.3) is 0 Å². The van der Waals surface area contributed by atoms with Crippen LogP contribution < -0.4 is 5.32 Å². The molecule has 3 rings (SSSR count). The SMILES string of the molecule is O=C(NCC1CC1)[C@H]1C[C@H]1c1ccc(Br)cc1. The maximum absolute atomic E-state index is 11.9. The van der Waals surface area contributed by atoms with Crippen LogP contribution >= 0.6 is 15.9 Å². The van der Waals surface area contributed by atoms with Gasteiger partial charge in [0, 0.05) is 16.9 Å². The van der Waals surface area contributed by atoms with Crippen LogP contribution in [0.15, 0.2) is 28.7 Å². The summed E-state index contributed by atoms with van der Waals surface area (Å²) in [7, 11) is 0. The van der Waals surface area contributed by atoms with Gasteiger partial charge in [0.1, 0.15) is 0 Å². The zero-order valence-corrected chi connectivity index (χ0v) is 11.2. The molecule has 2 fully saturated rings. The van der Waals surface area contributed by atoms with E-state index in [2.05, 4.69) is 33.4 Å². The fraction of sp³-hybridized carbons (Fsp3) is 0.500. The van der Waals surface area contributed by atoms with E-state index in [-0.39, 0.29) is 11.8 Å². The molecule has 0 aromatic heterocycles. The number of carbonyl (C=O) groups is 1. The van der Waals surface area contributed by atoms with Gasteiger partial charge in [-0.25, -0.2) is 0 Å². The number of hydrogen-bond acceptors (Lipinski definition) is 1. The number of benzene rings is 1. The van der Waals surface area contributed by atoms with Crippen LogP contribution in [0, 0.1) is 11.8 Å². The van der Waals surface area contributed by atoms with Crippen molar-refractivity contribution in [3.63, 3.8) is 0 Å². The minimum atomic E-state index is 0.218. The summed E-state index contributed by atoms with van der Waals surface area (Å²) in [6, 6.07) is 8.32. The molecule has 2 aliphatic rings. The minimum Gasteiger partial charge on any atom is -0.356 e. The highest BCUT2D eigenvalue weighted by Crippen LogP contribution is 2.47. The van der Waals surface area contributed by atoms with Crippen LogP contribution in [-0.2, 0) is 4.79 Å². The lowest BCUT2D eigenvalue weighted by molar-refractivity contribution is -0.122. The topological polar surface area (TPSA) is 29.1 Å². The zero-order valence-electron chi connectivity index (χ0n) is 9.66. The van der Waals surface area contributed by atoms with E-state index in [9.17, 15) is 4.79 Å². The van der Waals surface area contributed by atoms with Crippen molar-refractivity contribution in [2.75, 3.05) is 6.54 Å². The predicted molar refractivity (Wildman–Crippen MR) is 70.7 cm³/mol. The Labute approximate surface area is 110 Å². The second-order valence-corrected chi connectivity index (χ2v) is 6.10. The Morgan fingerprint density at radius 2 is 2.00 bits per heavy atom. The van der Waals surface area contributed by atoms with Gasteiger partial charge < -0.3 is 5.32 Å². The first kappa shape index (κ1) is 11.3. The van der Waals surface area contributed by atoms with E-state index in [4.69, 9.17) is 0 Å². The average Bonchev–Trinajstić information content (AvgIpc) is 3.20. The number of amides is 1. The van der Waals surface area contributed by atoms with E-state index in [0.717, 1.165) is 23.4 Å². The smallest absolute Gasteiger partial charge is 0.223 e. The zero-order chi connectivity index (χ0) is 11.8. The van der Waals surface area contributed by atoms with E-state index in [0.29, 0.717) is 5.92 Å². The maximum atomic E-state index is 11.9. The Morgan fingerprint density at radius 3 is 2.65 bits per heavy atom. The molecule has 1 N–H and O–H groups in total. The first-order valence-corrected chi connectivity index (χ1v) is 7.06. The van der Waals surface area contributed by atoms with Crippen molar-refractivity contribution in [3.05, 3.63) is 34.3 Å². The van der Waals surface area contributed by atoms with Gasteiger partial charge in [-0.3, -0.25) is 4.79 Å². The highest BCUT2D eigenvalue weighted by Gasteiger charge is 2.43. The summed E-state index contributed by atoms with van der Waals surface area (Å²) >= 11 is 3.43. The molecule has 2 atom stereocenters. The molecule has 90 valence electrons. The molecule has 0 radical (unpaired) electrons. The molecule has 0 spiro atoms. The third-order valence-corrected chi connectivity index (χ3v) is 4.22. The Hall–Kier alpha value is -0.830. The third kappa shape index (κ3) is 2.71. The standard InChI is InChI=1S/C14H16BrNO/c15-11-5-3-10(4-6-11)12-7-13(12)14(17)16-8-9-1-2-9/h3-6,9,12-13H,1-2,7-8H2,(H,16,17)/t12-,13-/m0/s1. The maximum Gasteiger partial charge on any atom is 0.223 e. The second kappa shape index (κ2) is 4.45. The molecule has 17 heavy (non-hydrogen) atoms. The molecule has 0 aliphatic heterocycles. The summed E-state index contributed by atoms with van der Waals surface area (Å²) in [5, 5.41) is 3.07. The molecular weight excluding hydrogens is 278 g/mol. The molecule has 3 heteroatoms. The summed E-state index contributed by atoms with van der Waals surface area (Å²) in [6.45, 7) is 0.891. The number of hydrogen-bond donors (Lipinski definition) is 1. The normalized spacial score (nSPS) is 26.6. The van der Waals surface area contributed by atoms with E-state index in [1.165, 1.54) is 18.4 Å². The van der Waals surface area contributed by atoms with Gasteiger partial charge in [-0.05, 0) is 48.8 Å². The third-order valence-electron chi connectivity index (χ3n) is 3.69. The van der Waals surface area contributed by atoms with Crippen LogP contribution in [0.1, 0.15) is 30.7 Å². The summed E-state index contributed by atoms with van der Waals surface area (Å²) in [4.78, 5) is 11.9. The van der Waals surface area contributed by atoms with Crippen molar-refractivity contribution in [3.8, 4) is 0 Å². The number of halogens is 1. The van der Waals surface area contributed by atoms with Crippen molar-refractivity contribution < 1.29 is 4.79 Å². The molecule has 2 saturated carbocycles. The van der Waals surface area contributed by atoms with Crippen molar-refractivity contribution >= 4 is 21.8 Å². The quantitative estimate of drug-likeness (QED) is 0.908. The van der Waals surface area contributed by atoms with Crippen molar-refractivity contribution in [1.29, 1.82) is 0 Å². The van der Waals surface area contributed by atoms with Crippen LogP contribution in [0.3, 0.4) is 0 Å². The van der Waals surface area contributed by atoms with E-state index < -0.39 is 0 Å². The van der Waals surface area contributed by atoms with Crippen LogP contribution in [0.4, 0.5) is 0 Å². The van der Waals surface area contributed by atoms with Gasteiger partial charge in [0.25, 0.3) is 0 Å². The lowest BCUT2D eigenvalue weighted by Gasteiger charge is -2.03. The van der Waals surface area contributed by atoms with E-state index in [1.54, 1.807) is 0 Å². The Kier molecular flexibility index (Phi) is 2.95. The summed E-state index contributed by atoms with van der Waals surface area (Å²) in [5.74, 6) is 1.69. The number of carbonyl (C=O) groups excluding carboxylic acids is 1. The van der Waals surface area contributed by atoms with Crippen LogP contribution in [0.5, 0.6) is 0 Å². The van der Waals surface area contributed by atoms with Gasteiger partial charge in [-0.2, -0.15) is 0 Å². The molecule has 0 bridgehead atoms. The first-order valence-electron chi connectivity index (χ1n) is 6.27. The van der Waals surface area contributed by atoms with Crippen LogP contribution in [-0.4, -0.2) is 12.5 Å². The highest BCUT2D eigenvalue weighted by molar-refractivity contribution is 9.10. The van der Waals surface area contributed by atoms with Crippen molar-refractivity contribution in [2.45, 2.75) is 25.2 Å². The fourth-order valence-electron chi connectivity index (χ4n) is 2.26. The van der Waals surface area contributed by atoms with Gasteiger partial charge in [-0.1, -0.05) is 28.1 Å². The number of nitrogens with one attached hydrogen (secondary N) is 1. The Balaban J connectivity index is 1.54. The van der Waals surface area contributed by atoms with Crippen molar-refractivity contribution in [2.24, 2.45) is 11.8 Å². The Morgan fingerprint density at radius 1 is 1.29 bits per heavy atom. The molecule has 2 nitrogen and oxygen atoms in total. The highest BCUT2D eigenvalue weighted by atomic mass is 79.9. The van der Waals surface area contributed by atoms with Crippen LogP contribution in [0.2, 0.25) is 0 Å². The first-order chi connectivity index (χ1) is 8.24. The average molecular weight is 294 g/mol. The van der Waals surface area contributed by atoms with E-state index in [1.807, 2.05) is 12.1 Å². The van der Waals surface area contributed by atoms with Gasteiger partial charge >= 0.3 is 0 Å². The lowest BCUT2D eigenvalue weighted by Crippen LogP contribution is -2.27. The fourth-order valence-corrected chi connectivity index (χ4v) is 2.53. The van der Waals surface area contributed by atoms with E-state index >= 15 is 0 Å². The van der Waals surface area contributed by atoms with Gasteiger partial charge in [0.2, 0.25) is 5.91 Å². The molecule has 1 amide bonds. The molecule has 0 saturated heterocycles. The summed E-state index contributed by atoms with van der Waals surface area (Å²) in [6.07, 6.45) is 3.60. The molecule has 0 unspecified atom stereocenters. The van der Waals surface area contributed by atoms with Gasteiger partial charge in [0.05, 0.1) is 0 Å². The summed E-state index contributed by atoms with van der Waals surface area (Å²) < 4.78 is 1.09. The molecule has 1 aromatic carbocycles. The second-order valence-electron chi connectivity index (χ2n) is 5.19. The monoisotopic (exact) mass is 293 g/mol. The predicted octanol–water partition coefficient (Wildman–Crippen LogP) is 3.08. The largest absolute Gasteiger partial charge is 0.356 e. The van der Waals surface area contributed by atoms with Gasteiger partial charge in [0.15, 0.2) is 0 Å². The molecule has 1 aromatic rings. The summed E-state index contributed by atoms with van der Waals surface area (Å²) in [5.41, 5.74) is 1.29. The van der Waals surface area contributed by atoms with Gasteiger partial charge in [-0.15, -0.1) is 0 Å². The minimum absolute atomic E-state index is 0.218.